The highest BCUT2D eigenvalue weighted by molar-refractivity contribution is 5.54. The lowest BCUT2D eigenvalue weighted by molar-refractivity contribution is 0.0196. The van der Waals surface area contributed by atoms with Crippen LogP contribution in [0.15, 0.2) is 24.3 Å². The van der Waals surface area contributed by atoms with E-state index in [0.717, 1.165) is 18.2 Å². The maximum atomic E-state index is 10.2. The minimum atomic E-state index is -1.05. The molecule has 0 aromatic heterocycles. The fraction of sp³-hybridized carbons (Fsp3) is 0.200. The number of hydrogen-bond acceptors (Lipinski definition) is 7. The molecule has 116 valence electrons. The van der Waals surface area contributed by atoms with Crippen LogP contribution in [-0.4, -0.2) is 36.7 Å². The van der Waals surface area contributed by atoms with Crippen LogP contribution in [0.3, 0.4) is 0 Å². The van der Waals surface area contributed by atoms with E-state index >= 15 is 0 Å². The molecule has 0 radical (unpaired) electrons. The third-order valence-corrected chi connectivity index (χ3v) is 3.61. The minimum Gasteiger partial charge on any atom is -0.508 e. The number of rotatable bonds is 1. The van der Waals surface area contributed by atoms with Gasteiger partial charge in [-0.1, -0.05) is 0 Å². The molecule has 7 nitrogen and oxygen atoms in total. The first-order valence-electron chi connectivity index (χ1n) is 6.51. The van der Waals surface area contributed by atoms with Gasteiger partial charge in [0.05, 0.1) is 6.10 Å². The van der Waals surface area contributed by atoms with Crippen LogP contribution < -0.4 is 4.74 Å². The second-order valence-corrected chi connectivity index (χ2v) is 5.16. The first-order valence-corrected chi connectivity index (χ1v) is 6.51. The van der Waals surface area contributed by atoms with Crippen LogP contribution in [0.25, 0.3) is 0 Å². The van der Waals surface area contributed by atoms with Gasteiger partial charge < -0.3 is 35.4 Å². The van der Waals surface area contributed by atoms with Gasteiger partial charge in [0.25, 0.3) is 0 Å². The molecule has 7 heteroatoms. The molecule has 0 aliphatic carbocycles. The highest BCUT2D eigenvalue weighted by atomic mass is 16.5. The van der Waals surface area contributed by atoms with Gasteiger partial charge in [0.15, 0.2) is 23.4 Å². The van der Waals surface area contributed by atoms with E-state index in [1.165, 1.54) is 6.07 Å². The molecular weight excluding hydrogens is 292 g/mol. The Kier molecular flexibility index (Phi) is 3.14. The third-order valence-electron chi connectivity index (χ3n) is 3.61. The van der Waals surface area contributed by atoms with Crippen molar-refractivity contribution in [2.45, 2.75) is 18.6 Å². The molecule has 1 unspecified atom stereocenters. The molecule has 0 saturated carbocycles. The van der Waals surface area contributed by atoms with Crippen LogP contribution in [0.1, 0.15) is 17.2 Å². The number of aliphatic hydroxyl groups excluding tert-OH is 1. The maximum Gasteiger partial charge on any atom is 0.200 e. The third kappa shape index (κ3) is 2.21. The van der Waals surface area contributed by atoms with E-state index in [9.17, 15) is 30.6 Å². The lowest BCUT2D eigenvalue weighted by Gasteiger charge is -2.31. The fourth-order valence-corrected chi connectivity index (χ4v) is 2.54. The van der Waals surface area contributed by atoms with Crippen molar-refractivity contribution in [1.29, 1.82) is 0 Å². The lowest BCUT2D eigenvalue weighted by atomic mass is 9.93. The summed E-state index contributed by atoms with van der Waals surface area (Å²) in [5.41, 5.74) is 0.600. The number of hydrogen-bond donors (Lipinski definition) is 6. The zero-order valence-electron chi connectivity index (χ0n) is 11.3. The SMILES string of the molecule is Oc1cc(O)c2c(c1)O[C@@H](c1cc(O)c(O)c(O)c1)C(O)C2. The van der Waals surface area contributed by atoms with Crippen LogP contribution >= 0.6 is 0 Å². The first kappa shape index (κ1) is 14.2. The van der Waals surface area contributed by atoms with E-state index in [1.807, 2.05) is 0 Å². The van der Waals surface area contributed by atoms with E-state index in [1.54, 1.807) is 0 Å². The van der Waals surface area contributed by atoms with Gasteiger partial charge in [-0.2, -0.15) is 0 Å². The van der Waals surface area contributed by atoms with Crippen LogP contribution in [0.2, 0.25) is 0 Å². The van der Waals surface area contributed by atoms with Crippen molar-refractivity contribution < 1.29 is 35.4 Å². The van der Waals surface area contributed by atoms with Gasteiger partial charge in [-0.15, -0.1) is 0 Å². The molecule has 6 N–H and O–H groups in total. The molecule has 1 heterocycles. The monoisotopic (exact) mass is 306 g/mol. The number of phenols is 5. The second-order valence-electron chi connectivity index (χ2n) is 5.16. The van der Waals surface area contributed by atoms with E-state index in [0.29, 0.717) is 5.56 Å². The Morgan fingerprint density at radius 3 is 2.14 bits per heavy atom. The summed E-state index contributed by atoms with van der Waals surface area (Å²) >= 11 is 0. The largest absolute Gasteiger partial charge is 0.508 e. The molecule has 0 saturated heterocycles. The summed E-state index contributed by atoms with van der Waals surface area (Å²) in [5, 5.41) is 57.9. The molecule has 2 aromatic rings. The minimum absolute atomic E-state index is 0.0640. The van der Waals surface area contributed by atoms with Gasteiger partial charge in [-0.3, -0.25) is 0 Å². The Balaban J connectivity index is 2.03. The van der Waals surface area contributed by atoms with Crippen molar-refractivity contribution in [2.75, 3.05) is 0 Å². The molecule has 2 aromatic carbocycles. The number of aliphatic hydroxyl groups is 1. The second kappa shape index (κ2) is 4.88. The zero-order valence-corrected chi connectivity index (χ0v) is 11.3. The standard InChI is InChI=1S/C15H14O7/c16-7-3-9(17)8-5-12(20)15(22-13(8)4-7)6-1-10(18)14(21)11(19)2-6/h1-4,12,15-21H,5H2/t12?,15-/m0/s1. The summed E-state index contributed by atoms with van der Waals surface area (Å²) in [7, 11) is 0. The summed E-state index contributed by atoms with van der Waals surface area (Å²) in [6, 6.07) is 4.77. The van der Waals surface area contributed by atoms with Crippen molar-refractivity contribution >= 4 is 0 Å². The Hall–Kier alpha value is -2.80. The quantitative estimate of drug-likeness (QED) is 0.437. The molecule has 0 spiro atoms. The summed E-state index contributed by atoms with van der Waals surface area (Å²) < 4.78 is 5.57. The first-order chi connectivity index (χ1) is 10.4. The predicted octanol–water partition coefficient (Wildman–Crippen LogP) is 1.25. The van der Waals surface area contributed by atoms with Crippen molar-refractivity contribution in [3.63, 3.8) is 0 Å². The highest BCUT2D eigenvalue weighted by Crippen LogP contribution is 2.44. The Morgan fingerprint density at radius 1 is 0.864 bits per heavy atom. The molecule has 0 amide bonds. The van der Waals surface area contributed by atoms with E-state index in [-0.39, 0.29) is 29.2 Å². The summed E-state index contributed by atoms with van der Waals surface area (Å²) in [4.78, 5) is 0. The molecule has 22 heavy (non-hydrogen) atoms. The zero-order chi connectivity index (χ0) is 16.0. The number of aromatic hydroxyl groups is 5. The van der Waals surface area contributed by atoms with Crippen molar-refractivity contribution in [3.8, 4) is 34.5 Å². The number of phenolic OH excluding ortho intramolecular Hbond substituents is 5. The molecule has 0 bridgehead atoms. The molecule has 3 rings (SSSR count). The molecular formula is C15H14O7. The normalized spacial score (nSPS) is 20.2. The van der Waals surface area contributed by atoms with E-state index < -0.39 is 29.5 Å². The Bertz CT molecular complexity index is 718. The average molecular weight is 306 g/mol. The van der Waals surface area contributed by atoms with Crippen LogP contribution in [0.4, 0.5) is 0 Å². The smallest absolute Gasteiger partial charge is 0.200 e. The number of ether oxygens (including phenoxy) is 1. The highest BCUT2D eigenvalue weighted by Gasteiger charge is 2.33. The van der Waals surface area contributed by atoms with Gasteiger partial charge >= 0.3 is 0 Å². The van der Waals surface area contributed by atoms with Crippen molar-refractivity contribution in [1.82, 2.24) is 0 Å². The Labute approximate surface area is 124 Å². The predicted molar refractivity (Wildman–Crippen MR) is 74.3 cm³/mol. The van der Waals surface area contributed by atoms with Gasteiger partial charge in [0, 0.05) is 29.7 Å². The van der Waals surface area contributed by atoms with E-state index in [4.69, 9.17) is 4.74 Å². The molecule has 2 atom stereocenters. The summed E-state index contributed by atoms with van der Waals surface area (Å²) in [5.74, 6) is -1.94. The van der Waals surface area contributed by atoms with Crippen LogP contribution in [-0.2, 0) is 6.42 Å². The molecule has 1 aliphatic heterocycles. The summed E-state index contributed by atoms with van der Waals surface area (Å²) in [6.45, 7) is 0. The molecule has 0 fully saturated rings. The summed E-state index contributed by atoms with van der Waals surface area (Å²) in [6.07, 6.45) is -1.92. The fourth-order valence-electron chi connectivity index (χ4n) is 2.54. The van der Waals surface area contributed by atoms with E-state index in [2.05, 4.69) is 0 Å². The Morgan fingerprint density at radius 2 is 1.50 bits per heavy atom. The maximum absolute atomic E-state index is 10.2. The molecule has 1 aliphatic rings. The van der Waals surface area contributed by atoms with Gasteiger partial charge in [0.2, 0.25) is 0 Å². The van der Waals surface area contributed by atoms with Gasteiger partial charge in [-0.25, -0.2) is 0 Å². The van der Waals surface area contributed by atoms with Gasteiger partial charge in [0.1, 0.15) is 17.2 Å². The topological polar surface area (TPSA) is 131 Å². The van der Waals surface area contributed by atoms with Gasteiger partial charge in [-0.05, 0) is 12.1 Å². The van der Waals surface area contributed by atoms with Crippen molar-refractivity contribution in [3.05, 3.63) is 35.4 Å². The lowest BCUT2D eigenvalue weighted by Crippen LogP contribution is -2.30. The van der Waals surface area contributed by atoms with Crippen LogP contribution in [0.5, 0.6) is 34.5 Å². The van der Waals surface area contributed by atoms with Crippen LogP contribution in [0, 0.1) is 0 Å². The van der Waals surface area contributed by atoms with Crippen molar-refractivity contribution in [2.24, 2.45) is 0 Å². The number of fused-ring (bicyclic) bond motifs is 1. The average Bonchev–Trinajstić information content (AvgIpc) is 2.44. The number of benzene rings is 2.